The molecule has 1 fully saturated rings. The molecule has 1 rings (SSSR count). The average molecular weight is 343 g/mol. The fourth-order valence-electron chi connectivity index (χ4n) is 3.47. The van der Waals surface area contributed by atoms with Crippen molar-refractivity contribution in [1.29, 1.82) is 0 Å². The van der Waals surface area contributed by atoms with Crippen LogP contribution in [-0.4, -0.2) is 96.6 Å². The summed E-state index contributed by atoms with van der Waals surface area (Å²) in [7, 11) is 3.18. The van der Waals surface area contributed by atoms with Crippen LogP contribution in [0, 0.1) is 0 Å². The van der Waals surface area contributed by atoms with Crippen LogP contribution in [0.2, 0.25) is 0 Å². The van der Waals surface area contributed by atoms with Crippen molar-refractivity contribution >= 4 is 35.7 Å². The number of carbonyl (C=O) groups is 1. The number of hydrogen-bond acceptors (Lipinski definition) is 6. The van der Waals surface area contributed by atoms with Gasteiger partial charge in [0.25, 0.3) is 0 Å². The van der Waals surface area contributed by atoms with Gasteiger partial charge >= 0.3 is 35.7 Å². The van der Waals surface area contributed by atoms with Crippen LogP contribution in [0.25, 0.3) is 0 Å². The van der Waals surface area contributed by atoms with Crippen molar-refractivity contribution in [3.05, 3.63) is 0 Å². The SMILES string of the molecule is COCC(COC1CC(C)(C)N(OC)C(C)(C)C1)OC(=O)O.[NaH]. The first-order valence-corrected chi connectivity index (χ1v) is 7.47. The second-order valence-electron chi connectivity index (χ2n) is 6.93. The first-order chi connectivity index (χ1) is 10.1. The normalized spacial score (nSPS) is 22.2. The van der Waals surface area contributed by atoms with Gasteiger partial charge in [-0.15, -0.1) is 0 Å². The Kier molecular flexibility index (Phi) is 9.60. The molecule has 1 N–H and O–H groups in total. The number of ether oxygens (including phenoxy) is 3. The van der Waals surface area contributed by atoms with Crippen molar-refractivity contribution in [3.8, 4) is 0 Å². The maximum absolute atomic E-state index is 10.7. The average Bonchev–Trinajstić information content (AvgIpc) is 2.33. The first kappa shape index (κ1) is 23.1. The van der Waals surface area contributed by atoms with Gasteiger partial charge in [-0.2, -0.15) is 5.06 Å². The molecule has 1 aliphatic heterocycles. The van der Waals surface area contributed by atoms with E-state index in [-0.39, 0.29) is 60.0 Å². The Labute approximate surface area is 160 Å². The number of carboxylic acid groups (broad SMARTS) is 1. The van der Waals surface area contributed by atoms with Crippen LogP contribution in [0.5, 0.6) is 0 Å². The van der Waals surface area contributed by atoms with Gasteiger partial charge in [0.1, 0.15) is 0 Å². The summed E-state index contributed by atoms with van der Waals surface area (Å²) in [6.45, 7) is 8.78. The van der Waals surface area contributed by atoms with Crippen LogP contribution < -0.4 is 0 Å². The fourth-order valence-corrected chi connectivity index (χ4v) is 3.47. The molecule has 7 nitrogen and oxygen atoms in total. The molecule has 1 heterocycles. The Bertz CT molecular complexity index is 359. The van der Waals surface area contributed by atoms with Gasteiger partial charge in [-0.1, -0.05) is 0 Å². The molecular formula is C15H30NNaO6. The maximum atomic E-state index is 10.7. The van der Waals surface area contributed by atoms with Gasteiger partial charge in [0.05, 0.1) is 26.4 Å². The molecule has 0 saturated carbocycles. The van der Waals surface area contributed by atoms with Crippen LogP contribution in [0.15, 0.2) is 0 Å². The summed E-state index contributed by atoms with van der Waals surface area (Å²) >= 11 is 0. The van der Waals surface area contributed by atoms with E-state index in [2.05, 4.69) is 27.7 Å². The van der Waals surface area contributed by atoms with E-state index in [4.69, 9.17) is 24.2 Å². The molecule has 0 amide bonds. The minimum absolute atomic E-state index is 0. The first-order valence-electron chi connectivity index (χ1n) is 7.47. The predicted molar refractivity (Wildman–Crippen MR) is 87.9 cm³/mol. The van der Waals surface area contributed by atoms with E-state index < -0.39 is 12.3 Å². The number of hydroxylamine groups is 2. The summed E-state index contributed by atoms with van der Waals surface area (Å²) in [4.78, 5) is 16.2. The van der Waals surface area contributed by atoms with Crippen molar-refractivity contribution in [2.24, 2.45) is 0 Å². The fraction of sp³-hybridized carbons (Fsp3) is 0.933. The molecule has 1 unspecified atom stereocenters. The minimum atomic E-state index is -1.32. The van der Waals surface area contributed by atoms with E-state index in [1.807, 2.05) is 5.06 Å². The molecule has 0 aromatic heterocycles. The van der Waals surface area contributed by atoms with Gasteiger partial charge in [-0.05, 0) is 40.5 Å². The van der Waals surface area contributed by atoms with Crippen molar-refractivity contribution in [2.75, 3.05) is 27.4 Å². The van der Waals surface area contributed by atoms with Crippen LogP contribution >= 0.6 is 0 Å². The second kappa shape index (κ2) is 9.56. The number of methoxy groups -OCH3 is 1. The molecule has 0 radical (unpaired) electrons. The molecule has 1 saturated heterocycles. The number of nitrogens with zero attached hydrogens (tertiary/aromatic N) is 1. The molecule has 0 aliphatic carbocycles. The second-order valence-corrected chi connectivity index (χ2v) is 6.93. The molecular weight excluding hydrogens is 313 g/mol. The molecule has 1 aliphatic rings. The van der Waals surface area contributed by atoms with Crippen LogP contribution in [0.1, 0.15) is 40.5 Å². The zero-order valence-electron chi connectivity index (χ0n) is 14.4. The monoisotopic (exact) mass is 343 g/mol. The third-order valence-electron chi connectivity index (χ3n) is 3.87. The zero-order valence-corrected chi connectivity index (χ0v) is 14.4. The molecule has 132 valence electrons. The van der Waals surface area contributed by atoms with Gasteiger partial charge in [0.15, 0.2) is 6.10 Å². The Morgan fingerprint density at radius 2 is 1.70 bits per heavy atom. The summed E-state index contributed by atoms with van der Waals surface area (Å²) in [5, 5.41) is 10.7. The third-order valence-corrected chi connectivity index (χ3v) is 3.87. The summed E-state index contributed by atoms with van der Waals surface area (Å²) in [5.74, 6) is 0. The summed E-state index contributed by atoms with van der Waals surface area (Å²) in [5.41, 5.74) is -0.350. The van der Waals surface area contributed by atoms with Crippen LogP contribution in [0.4, 0.5) is 4.79 Å². The van der Waals surface area contributed by atoms with Crippen molar-refractivity contribution < 1.29 is 28.9 Å². The van der Waals surface area contributed by atoms with E-state index in [9.17, 15) is 4.79 Å². The van der Waals surface area contributed by atoms with Crippen LogP contribution in [-0.2, 0) is 19.0 Å². The molecule has 0 aromatic rings. The van der Waals surface area contributed by atoms with Gasteiger partial charge < -0.3 is 24.2 Å². The summed E-state index contributed by atoms with van der Waals surface area (Å²) in [6, 6.07) is 0. The summed E-state index contributed by atoms with van der Waals surface area (Å²) < 4.78 is 15.6. The quantitative estimate of drug-likeness (QED) is 0.556. The standard InChI is InChI=1S/C15H29NO6.Na.H/c1-14(2)7-11(8-15(3,4)16(14)20-6)21-10-12(9-19-5)22-13(17)18;;/h11-12H,7-10H2,1-6H3,(H,17,18);;. The van der Waals surface area contributed by atoms with Gasteiger partial charge in [0.2, 0.25) is 0 Å². The van der Waals surface area contributed by atoms with Crippen molar-refractivity contribution in [3.63, 3.8) is 0 Å². The van der Waals surface area contributed by atoms with Gasteiger partial charge in [0, 0.05) is 18.2 Å². The Morgan fingerprint density at radius 1 is 1.17 bits per heavy atom. The van der Waals surface area contributed by atoms with E-state index in [0.717, 1.165) is 12.8 Å². The Balaban J connectivity index is 0.00000484. The Hall–Kier alpha value is 0.110. The van der Waals surface area contributed by atoms with Crippen LogP contribution in [0.3, 0.4) is 0 Å². The molecule has 8 heteroatoms. The van der Waals surface area contributed by atoms with Crippen molar-refractivity contribution in [2.45, 2.75) is 63.8 Å². The van der Waals surface area contributed by atoms with E-state index in [0.29, 0.717) is 0 Å². The van der Waals surface area contributed by atoms with Gasteiger partial charge in [-0.25, -0.2) is 4.79 Å². The van der Waals surface area contributed by atoms with E-state index in [1.165, 1.54) is 7.11 Å². The zero-order chi connectivity index (χ0) is 17.0. The molecule has 0 bridgehead atoms. The number of rotatable bonds is 7. The van der Waals surface area contributed by atoms with E-state index in [1.54, 1.807) is 7.11 Å². The molecule has 0 aromatic carbocycles. The molecule has 0 spiro atoms. The number of hydrogen-bond donors (Lipinski definition) is 1. The van der Waals surface area contributed by atoms with Crippen molar-refractivity contribution in [1.82, 2.24) is 5.06 Å². The van der Waals surface area contributed by atoms with Gasteiger partial charge in [-0.3, -0.25) is 0 Å². The molecule has 23 heavy (non-hydrogen) atoms. The Morgan fingerprint density at radius 3 is 2.09 bits per heavy atom. The summed E-state index contributed by atoms with van der Waals surface area (Å²) in [6.07, 6.45) is -0.350. The topological polar surface area (TPSA) is 77.5 Å². The third kappa shape index (κ3) is 6.86. The van der Waals surface area contributed by atoms with E-state index >= 15 is 0 Å². The number of piperidine rings is 1. The molecule has 1 atom stereocenters. The predicted octanol–water partition coefficient (Wildman–Crippen LogP) is 1.65.